The van der Waals surface area contributed by atoms with Gasteiger partial charge in [0.15, 0.2) is 5.84 Å². The standard InChI is InChI=1S/C30H32FN5O2/c1-5-20-8-7-9-21(6-2)27(20)36-28(25-15-16-34(4)33-25)32-19(3)26(30(36)38)29(37)35-17-14-23(18-35)22-10-12-24(31)13-11-22/h7-13,15-16,23,38H,3,5-6,14,17-18H2,1-2,4H3. The Balaban J connectivity index is 1.56. The van der Waals surface area contributed by atoms with Crippen LogP contribution in [0, 0.1) is 5.82 Å². The van der Waals surface area contributed by atoms with E-state index in [1.165, 1.54) is 12.1 Å². The summed E-state index contributed by atoms with van der Waals surface area (Å²) in [6.45, 7) is 9.18. The molecule has 0 radical (unpaired) electrons. The first-order valence-electron chi connectivity index (χ1n) is 13.0. The Bertz CT molecular complexity index is 1430. The van der Waals surface area contributed by atoms with Crippen LogP contribution in [0.4, 0.5) is 10.1 Å². The first kappa shape index (κ1) is 25.4. The van der Waals surface area contributed by atoms with Crippen LogP contribution in [0.3, 0.4) is 0 Å². The lowest BCUT2D eigenvalue weighted by atomic mass is 9.98. The topological polar surface area (TPSA) is 74.0 Å². The molecule has 0 spiro atoms. The Hall–Kier alpha value is -4.20. The summed E-state index contributed by atoms with van der Waals surface area (Å²) in [7, 11) is 1.82. The number of likely N-dealkylation sites (tertiary alicyclic amines) is 1. The van der Waals surface area contributed by atoms with Gasteiger partial charge < -0.3 is 10.0 Å². The average Bonchev–Trinajstić information content (AvgIpc) is 3.58. The fourth-order valence-electron chi connectivity index (χ4n) is 5.32. The lowest BCUT2D eigenvalue weighted by Gasteiger charge is -2.33. The Morgan fingerprint density at radius 2 is 1.79 bits per heavy atom. The molecule has 1 amide bonds. The highest BCUT2D eigenvalue weighted by Gasteiger charge is 2.38. The van der Waals surface area contributed by atoms with Crippen LogP contribution in [0.2, 0.25) is 0 Å². The van der Waals surface area contributed by atoms with Gasteiger partial charge in [-0.1, -0.05) is 50.8 Å². The van der Waals surface area contributed by atoms with Gasteiger partial charge in [0.1, 0.15) is 17.1 Å². The van der Waals surface area contributed by atoms with Crippen molar-refractivity contribution in [3.8, 4) is 0 Å². The van der Waals surface area contributed by atoms with Gasteiger partial charge >= 0.3 is 0 Å². The summed E-state index contributed by atoms with van der Waals surface area (Å²) in [5.74, 6) is -0.288. The van der Waals surface area contributed by atoms with E-state index >= 15 is 0 Å². The number of aromatic nitrogens is 2. The number of nitrogens with zero attached hydrogens (tertiary/aromatic N) is 5. The quantitative estimate of drug-likeness (QED) is 0.489. The molecule has 0 saturated carbocycles. The Morgan fingerprint density at radius 1 is 1.11 bits per heavy atom. The van der Waals surface area contributed by atoms with Gasteiger partial charge in [-0.2, -0.15) is 5.10 Å². The maximum atomic E-state index is 13.9. The van der Waals surface area contributed by atoms with Gasteiger partial charge in [-0.05, 0) is 54.2 Å². The van der Waals surface area contributed by atoms with E-state index in [1.807, 2.05) is 37.5 Å². The number of hydrogen-bond acceptors (Lipinski definition) is 5. The number of carbonyl (C=O) groups is 1. The Morgan fingerprint density at radius 3 is 2.39 bits per heavy atom. The number of amides is 1. The average molecular weight is 514 g/mol. The smallest absolute Gasteiger partial charge is 0.261 e. The first-order valence-corrected chi connectivity index (χ1v) is 13.0. The Labute approximate surface area is 222 Å². The molecule has 2 aliphatic heterocycles. The number of hydrogen-bond donors (Lipinski definition) is 1. The summed E-state index contributed by atoms with van der Waals surface area (Å²) >= 11 is 0. The fourth-order valence-corrected chi connectivity index (χ4v) is 5.32. The molecule has 1 atom stereocenters. The number of carbonyl (C=O) groups excluding carboxylic acids is 1. The zero-order valence-electron chi connectivity index (χ0n) is 22.0. The maximum Gasteiger partial charge on any atom is 0.261 e. The molecule has 196 valence electrons. The summed E-state index contributed by atoms with van der Waals surface area (Å²) in [5, 5.41) is 16.3. The van der Waals surface area contributed by atoms with Crippen LogP contribution in [0.5, 0.6) is 0 Å². The number of anilines is 1. The number of rotatable bonds is 6. The van der Waals surface area contributed by atoms with E-state index < -0.39 is 0 Å². The van der Waals surface area contributed by atoms with E-state index in [0.29, 0.717) is 24.6 Å². The van der Waals surface area contributed by atoms with Gasteiger partial charge in [0, 0.05) is 32.3 Å². The van der Waals surface area contributed by atoms with E-state index in [9.17, 15) is 14.3 Å². The van der Waals surface area contributed by atoms with Crippen LogP contribution in [0.15, 0.2) is 83.5 Å². The third kappa shape index (κ3) is 4.51. The lowest BCUT2D eigenvalue weighted by molar-refractivity contribution is -0.126. The minimum atomic E-state index is -0.321. The molecular formula is C30H32FN5O2. The van der Waals surface area contributed by atoms with Crippen molar-refractivity contribution >= 4 is 17.4 Å². The molecule has 5 rings (SSSR count). The predicted molar refractivity (Wildman–Crippen MR) is 147 cm³/mol. The molecule has 7 nitrogen and oxygen atoms in total. The molecule has 0 aliphatic carbocycles. The lowest BCUT2D eigenvalue weighted by Crippen LogP contribution is -2.40. The summed E-state index contributed by atoms with van der Waals surface area (Å²) in [5.41, 5.74) is 4.69. The highest BCUT2D eigenvalue weighted by atomic mass is 19.1. The predicted octanol–water partition coefficient (Wildman–Crippen LogP) is 5.25. The van der Waals surface area contributed by atoms with E-state index in [1.54, 1.807) is 26.6 Å². The number of aliphatic hydroxyl groups excluding tert-OH is 1. The second kappa shape index (κ2) is 10.3. The van der Waals surface area contributed by atoms with Crippen molar-refractivity contribution in [1.29, 1.82) is 0 Å². The molecule has 3 heterocycles. The molecular weight excluding hydrogens is 481 g/mol. The molecule has 1 aromatic heterocycles. The number of amidine groups is 1. The number of aliphatic imine (C=N–C) groups is 1. The molecule has 2 aliphatic rings. The highest BCUT2D eigenvalue weighted by molar-refractivity contribution is 6.15. The van der Waals surface area contributed by atoms with Gasteiger partial charge in [-0.15, -0.1) is 0 Å². The van der Waals surface area contributed by atoms with Crippen LogP contribution >= 0.6 is 0 Å². The number of para-hydroxylation sites is 1. The highest BCUT2D eigenvalue weighted by Crippen LogP contribution is 2.37. The maximum absolute atomic E-state index is 13.9. The van der Waals surface area contributed by atoms with E-state index in [0.717, 1.165) is 41.6 Å². The third-order valence-electron chi connectivity index (χ3n) is 7.34. The van der Waals surface area contributed by atoms with E-state index in [-0.39, 0.29) is 34.8 Å². The molecule has 0 bridgehead atoms. The zero-order chi connectivity index (χ0) is 27.0. The summed E-state index contributed by atoms with van der Waals surface area (Å²) in [6, 6.07) is 14.3. The van der Waals surface area contributed by atoms with Gasteiger partial charge in [-0.3, -0.25) is 14.4 Å². The molecule has 1 N–H and O–H groups in total. The Kier molecular flexibility index (Phi) is 6.89. The van der Waals surface area contributed by atoms with Crippen molar-refractivity contribution < 1.29 is 14.3 Å². The molecule has 3 aromatic rings. The minimum absolute atomic E-state index is 0.0809. The van der Waals surface area contributed by atoms with Crippen molar-refractivity contribution in [2.45, 2.75) is 39.0 Å². The molecule has 1 fully saturated rings. The van der Waals surface area contributed by atoms with Crippen LogP contribution in [-0.4, -0.2) is 44.6 Å². The molecule has 38 heavy (non-hydrogen) atoms. The van der Waals surface area contributed by atoms with Crippen LogP contribution in [0.1, 0.15) is 48.6 Å². The fraction of sp³-hybridized carbons (Fsp3) is 0.300. The van der Waals surface area contributed by atoms with E-state index in [4.69, 9.17) is 4.99 Å². The number of benzene rings is 2. The molecule has 2 aromatic carbocycles. The molecule has 1 unspecified atom stereocenters. The number of halogens is 1. The van der Waals surface area contributed by atoms with Gasteiger partial charge in [0.2, 0.25) is 5.88 Å². The monoisotopic (exact) mass is 513 g/mol. The second-order valence-electron chi connectivity index (χ2n) is 9.71. The first-order chi connectivity index (χ1) is 18.3. The zero-order valence-corrected chi connectivity index (χ0v) is 22.0. The summed E-state index contributed by atoms with van der Waals surface area (Å²) < 4.78 is 15.1. The minimum Gasteiger partial charge on any atom is -0.494 e. The second-order valence-corrected chi connectivity index (χ2v) is 9.71. The van der Waals surface area contributed by atoms with Crippen LogP contribution in [-0.2, 0) is 24.7 Å². The normalized spacial score (nSPS) is 17.8. The van der Waals surface area contributed by atoms with Gasteiger partial charge in [-0.25, -0.2) is 9.38 Å². The third-order valence-corrected chi connectivity index (χ3v) is 7.34. The van der Waals surface area contributed by atoms with E-state index in [2.05, 4.69) is 25.5 Å². The van der Waals surface area contributed by atoms with Crippen molar-refractivity contribution in [3.63, 3.8) is 0 Å². The largest absolute Gasteiger partial charge is 0.494 e. The van der Waals surface area contributed by atoms with Gasteiger partial charge in [0.25, 0.3) is 5.91 Å². The van der Waals surface area contributed by atoms with Crippen molar-refractivity contribution in [2.24, 2.45) is 12.0 Å². The van der Waals surface area contributed by atoms with Crippen molar-refractivity contribution in [3.05, 3.63) is 107 Å². The van der Waals surface area contributed by atoms with Gasteiger partial charge in [0.05, 0.1) is 11.4 Å². The van der Waals surface area contributed by atoms with Crippen LogP contribution < -0.4 is 4.90 Å². The molecule has 8 heteroatoms. The summed E-state index contributed by atoms with van der Waals surface area (Å²) in [6.07, 6.45) is 4.03. The number of aliphatic hydroxyl groups is 1. The number of aryl methyl sites for hydroxylation is 3. The SMILES string of the molecule is C=C1N=C(c2ccn(C)n2)N(c2c(CC)cccc2CC)C(O)=C1C(=O)N1CCC(c2ccc(F)cc2)C1. The van der Waals surface area contributed by atoms with Crippen LogP contribution in [0.25, 0.3) is 0 Å². The molecule has 1 saturated heterocycles. The van der Waals surface area contributed by atoms with Crippen molar-refractivity contribution in [1.82, 2.24) is 14.7 Å². The summed E-state index contributed by atoms with van der Waals surface area (Å²) in [4.78, 5) is 22.0. The van der Waals surface area contributed by atoms with Crippen molar-refractivity contribution in [2.75, 3.05) is 18.0 Å².